The van der Waals surface area contributed by atoms with Gasteiger partial charge in [0, 0.05) is 36.8 Å². The molecule has 5 rings (SSSR count). The van der Waals surface area contributed by atoms with Gasteiger partial charge < -0.3 is 5.32 Å². The van der Waals surface area contributed by atoms with E-state index in [1.165, 1.54) is 5.56 Å². The van der Waals surface area contributed by atoms with Crippen LogP contribution in [0.25, 0.3) is 0 Å². The molecule has 0 bridgehead atoms. The smallest absolute Gasteiger partial charge is 0.311 e. The lowest BCUT2D eigenvalue weighted by molar-refractivity contribution is -0.313. The first kappa shape index (κ1) is 20.5. The lowest BCUT2D eigenvalue weighted by atomic mass is 9.74. The van der Waals surface area contributed by atoms with Crippen molar-refractivity contribution in [2.75, 3.05) is 5.32 Å². The highest BCUT2D eigenvalue weighted by molar-refractivity contribution is 5.91. The van der Waals surface area contributed by atoms with Crippen LogP contribution in [0.1, 0.15) is 67.7 Å². The van der Waals surface area contributed by atoms with Gasteiger partial charge in [0.25, 0.3) is 0 Å². The van der Waals surface area contributed by atoms with Gasteiger partial charge in [-0.05, 0) is 37.2 Å². The first-order valence-electron chi connectivity index (χ1n) is 10.8. The van der Waals surface area contributed by atoms with E-state index in [1.807, 2.05) is 18.2 Å². The molecule has 1 aromatic heterocycles. The Bertz CT molecular complexity index is 1010. The van der Waals surface area contributed by atoms with Gasteiger partial charge in [0.05, 0.1) is 5.69 Å². The second kappa shape index (κ2) is 6.81. The molecule has 0 aliphatic heterocycles. The van der Waals surface area contributed by atoms with Crippen molar-refractivity contribution >= 4 is 11.7 Å². The Kier molecular flexibility index (Phi) is 4.51. The van der Waals surface area contributed by atoms with E-state index in [0.717, 1.165) is 43.4 Å². The number of hydrogen-bond donors (Lipinski definition) is 1. The number of carbonyl (C=O) groups excluding carboxylic acids is 1. The molecule has 1 atom stereocenters. The van der Waals surface area contributed by atoms with Crippen LogP contribution in [-0.2, 0) is 17.3 Å². The molecule has 8 heteroatoms. The number of carbonyl (C=O) groups is 1. The molecule has 1 amide bonds. The minimum atomic E-state index is -4.13. The second-order valence-electron chi connectivity index (χ2n) is 9.29. The normalized spacial score (nSPS) is 25.4. The van der Waals surface area contributed by atoms with Crippen LogP contribution in [0.2, 0.25) is 0 Å². The molecular weight excluding hydrogens is 410 g/mol. The van der Waals surface area contributed by atoms with E-state index in [0.29, 0.717) is 5.82 Å². The van der Waals surface area contributed by atoms with Crippen LogP contribution in [-0.4, -0.2) is 27.5 Å². The summed E-state index contributed by atoms with van der Waals surface area (Å²) in [7, 11) is 1.73. The standard InChI is InChI=1S/C23H25F4N3O/c1-30-20(28-17(31)12-16-13-22(24,25)23(16,26)27)18(14-6-5-7-14)19(29-30)21(10-11-21)15-8-3-2-4-9-15/h2-4,8-9,14,16H,5-7,10-13H2,1H3,(H,28,31)/t16-/m1/s1. The van der Waals surface area contributed by atoms with Gasteiger partial charge in [-0.1, -0.05) is 36.8 Å². The molecule has 1 heterocycles. The van der Waals surface area contributed by atoms with Crippen molar-refractivity contribution in [3.63, 3.8) is 0 Å². The van der Waals surface area contributed by atoms with Crippen LogP contribution >= 0.6 is 0 Å². The molecule has 166 valence electrons. The number of halogens is 4. The Labute approximate surface area is 178 Å². The average Bonchev–Trinajstić information content (AvgIpc) is 3.43. The summed E-state index contributed by atoms with van der Waals surface area (Å²) in [4.78, 5) is 12.6. The summed E-state index contributed by atoms with van der Waals surface area (Å²) < 4.78 is 55.2. The van der Waals surface area contributed by atoms with Gasteiger partial charge in [-0.3, -0.25) is 9.48 Å². The lowest BCUT2D eigenvalue weighted by Crippen LogP contribution is -2.59. The molecule has 0 unspecified atom stereocenters. The summed E-state index contributed by atoms with van der Waals surface area (Å²) >= 11 is 0. The van der Waals surface area contributed by atoms with Crippen LogP contribution < -0.4 is 5.32 Å². The zero-order valence-electron chi connectivity index (χ0n) is 17.3. The lowest BCUT2D eigenvalue weighted by Gasteiger charge is -2.43. The highest BCUT2D eigenvalue weighted by atomic mass is 19.3. The number of aromatic nitrogens is 2. The van der Waals surface area contributed by atoms with Crippen LogP contribution in [0.4, 0.5) is 23.4 Å². The number of rotatable bonds is 6. The van der Waals surface area contributed by atoms with Crippen molar-refractivity contribution in [1.82, 2.24) is 9.78 Å². The van der Waals surface area contributed by atoms with E-state index in [2.05, 4.69) is 17.4 Å². The van der Waals surface area contributed by atoms with Gasteiger partial charge in [-0.2, -0.15) is 22.7 Å². The third-order valence-electron chi connectivity index (χ3n) is 7.32. The van der Waals surface area contributed by atoms with Crippen LogP contribution in [0.15, 0.2) is 30.3 Å². The average molecular weight is 435 g/mol. The van der Waals surface area contributed by atoms with Crippen molar-refractivity contribution in [2.24, 2.45) is 13.0 Å². The maximum absolute atomic E-state index is 13.6. The van der Waals surface area contributed by atoms with Crippen LogP contribution in [0, 0.1) is 5.92 Å². The molecular formula is C23H25F4N3O. The Morgan fingerprint density at radius 3 is 2.35 bits per heavy atom. The zero-order valence-corrected chi connectivity index (χ0v) is 17.3. The van der Waals surface area contributed by atoms with Crippen molar-refractivity contribution < 1.29 is 22.4 Å². The first-order valence-corrected chi connectivity index (χ1v) is 10.8. The number of anilines is 1. The van der Waals surface area contributed by atoms with Crippen molar-refractivity contribution in [3.05, 3.63) is 47.2 Å². The summed E-state index contributed by atoms with van der Waals surface area (Å²) in [5, 5.41) is 7.52. The maximum Gasteiger partial charge on any atom is 0.313 e. The van der Waals surface area contributed by atoms with Crippen molar-refractivity contribution in [1.29, 1.82) is 0 Å². The van der Waals surface area contributed by atoms with Gasteiger partial charge in [-0.25, -0.2) is 0 Å². The first-order chi connectivity index (χ1) is 14.7. The summed E-state index contributed by atoms with van der Waals surface area (Å²) in [5.74, 6) is -9.69. The highest BCUT2D eigenvalue weighted by Gasteiger charge is 2.71. The summed E-state index contributed by atoms with van der Waals surface area (Å²) in [6, 6.07) is 10.1. The van der Waals surface area contributed by atoms with Crippen molar-refractivity contribution in [3.8, 4) is 0 Å². The van der Waals surface area contributed by atoms with E-state index in [9.17, 15) is 22.4 Å². The van der Waals surface area contributed by atoms with Gasteiger partial charge >= 0.3 is 11.8 Å². The molecule has 1 N–H and O–H groups in total. The molecule has 4 nitrogen and oxygen atoms in total. The molecule has 0 radical (unpaired) electrons. The van der Waals surface area contributed by atoms with Gasteiger partial charge in [0.2, 0.25) is 5.91 Å². The number of alkyl halides is 4. The van der Waals surface area contributed by atoms with Gasteiger partial charge in [0.1, 0.15) is 5.82 Å². The Morgan fingerprint density at radius 2 is 1.84 bits per heavy atom. The van der Waals surface area contributed by atoms with Gasteiger partial charge in [0.15, 0.2) is 0 Å². The fourth-order valence-electron chi connectivity index (χ4n) is 5.02. The van der Waals surface area contributed by atoms with E-state index in [-0.39, 0.29) is 11.3 Å². The predicted octanol–water partition coefficient (Wildman–Crippen LogP) is 5.39. The molecule has 3 aliphatic carbocycles. The van der Waals surface area contributed by atoms with Crippen LogP contribution in [0.3, 0.4) is 0 Å². The van der Waals surface area contributed by atoms with E-state index < -0.39 is 36.5 Å². The summed E-state index contributed by atoms with van der Waals surface area (Å²) in [6.45, 7) is 0. The molecule has 31 heavy (non-hydrogen) atoms. The van der Waals surface area contributed by atoms with Crippen molar-refractivity contribution in [2.45, 2.75) is 68.1 Å². The highest BCUT2D eigenvalue weighted by Crippen LogP contribution is 2.58. The Morgan fingerprint density at radius 1 is 1.16 bits per heavy atom. The summed E-state index contributed by atoms with van der Waals surface area (Å²) in [5.41, 5.74) is 2.93. The number of benzene rings is 1. The van der Waals surface area contributed by atoms with Gasteiger partial charge in [-0.15, -0.1) is 0 Å². The van der Waals surface area contributed by atoms with E-state index >= 15 is 0 Å². The minimum absolute atomic E-state index is 0.185. The third-order valence-corrected chi connectivity index (χ3v) is 7.32. The maximum atomic E-state index is 13.6. The third kappa shape index (κ3) is 3.09. The number of aryl methyl sites for hydroxylation is 1. The molecule has 3 fully saturated rings. The largest absolute Gasteiger partial charge is 0.313 e. The summed E-state index contributed by atoms with van der Waals surface area (Å²) in [6.07, 6.45) is 3.40. The monoisotopic (exact) mass is 435 g/mol. The molecule has 3 saturated carbocycles. The fraction of sp³-hybridized carbons (Fsp3) is 0.565. The second-order valence-corrected chi connectivity index (χ2v) is 9.29. The van der Waals surface area contributed by atoms with E-state index in [4.69, 9.17) is 5.10 Å². The SMILES string of the molecule is Cn1nc(C2(c3ccccc3)CC2)c(C2CCC2)c1NC(=O)C[C@@H]1CC(F)(F)C1(F)F. The minimum Gasteiger partial charge on any atom is -0.311 e. The number of amides is 1. The number of nitrogens with zero attached hydrogens (tertiary/aromatic N) is 2. The molecule has 0 spiro atoms. The Balaban J connectivity index is 1.43. The number of hydrogen-bond acceptors (Lipinski definition) is 2. The molecule has 1 aromatic carbocycles. The predicted molar refractivity (Wildman–Crippen MR) is 108 cm³/mol. The van der Waals surface area contributed by atoms with Crippen LogP contribution in [0.5, 0.6) is 0 Å². The quantitative estimate of drug-likeness (QED) is 0.619. The Hall–Kier alpha value is -2.38. The van der Waals surface area contributed by atoms with E-state index in [1.54, 1.807) is 11.7 Å². The zero-order chi connectivity index (χ0) is 22.0. The topological polar surface area (TPSA) is 46.9 Å². The number of nitrogens with one attached hydrogen (secondary N) is 1. The molecule has 3 aliphatic rings. The molecule has 2 aromatic rings. The fourth-order valence-corrected chi connectivity index (χ4v) is 5.02. The molecule has 0 saturated heterocycles.